The first-order valence-corrected chi connectivity index (χ1v) is 12.3. The number of amides is 2. The van der Waals surface area contributed by atoms with Gasteiger partial charge in [-0.25, -0.2) is 9.78 Å². The molecule has 0 saturated heterocycles. The van der Waals surface area contributed by atoms with Crippen LogP contribution in [0.25, 0.3) is 10.9 Å². The van der Waals surface area contributed by atoms with Crippen molar-refractivity contribution in [1.82, 2.24) is 19.4 Å². The quantitative estimate of drug-likeness (QED) is 0.476. The summed E-state index contributed by atoms with van der Waals surface area (Å²) in [7, 11) is 5.69. The zero-order chi connectivity index (χ0) is 25.9. The fourth-order valence-corrected chi connectivity index (χ4v) is 4.40. The zero-order valence-corrected chi connectivity index (χ0v) is 22.3. The fourth-order valence-electron chi connectivity index (χ4n) is 4.40. The molecule has 0 aliphatic heterocycles. The number of aromatic nitrogens is 2. The van der Waals surface area contributed by atoms with Crippen LogP contribution < -0.4 is 10.9 Å². The summed E-state index contributed by atoms with van der Waals surface area (Å²) >= 11 is 0. The normalized spacial score (nSPS) is 12.5. The Morgan fingerprint density at radius 1 is 0.943 bits per heavy atom. The van der Waals surface area contributed by atoms with Gasteiger partial charge in [0.05, 0.1) is 16.9 Å². The molecule has 1 atom stereocenters. The molecule has 0 fully saturated rings. The monoisotopic (exact) mass is 477 g/mol. The van der Waals surface area contributed by atoms with E-state index in [0.717, 1.165) is 16.8 Å². The molecule has 0 aliphatic rings. The minimum atomic E-state index is -0.411. The SMILES string of the molecule is CC(C)c1cccc(C(C)C)c1NC(=O)N(CCN(C)C)C(C)c1nc2ccccc2c(=O)n1C. The highest BCUT2D eigenvalue weighted by Crippen LogP contribution is 2.33. The Morgan fingerprint density at radius 3 is 2.11 bits per heavy atom. The van der Waals surface area contributed by atoms with Gasteiger partial charge in [0.25, 0.3) is 5.56 Å². The fraction of sp³-hybridized carbons (Fsp3) is 0.464. The van der Waals surface area contributed by atoms with Crippen molar-refractivity contribution in [3.05, 3.63) is 69.8 Å². The molecule has 1 N–H and O–H groups in total. The number of urea groups is 1. The average Bonchev–Trinajstić information content (AvgIpc) is 2.81. The standard InChI is InChI=1S/C28H39N5O2/c1-18(2)21-13-11-14-22(19(3)4)25(21)30-28(35)33(17-16-31(6)7)20(5)26-29-24-15-10-9-12-23(24)27(34)32(26)8/h9-15,18-20H,16-17H2,1-8H3,(H,30,35). The number of likely N-dealkylation sites (N-methyl/N-ethyl adjacent to an activating group) is 1. The van der Waals surface area contributed by atoms with E-state index in [9.17, 15) is 9.59 Å². The van der Waals surface area contributed by atoms with E-state index in [2.05, 4.69) is 51.2 Å². The van der Waals surface area contributed by atoms with Gasteiger partial charge in [-0.05, 0) is 56.1 Å². The van der Waals surface area contributed by atoms with E-state index in [4.69, 9.17) is 4.98 Å². The molecular weight excluding hydrogens is 438 g/mol. The van der Waals surface area contributed by atoms with Crippen LogP contribution >= 0.6 is 0 Å². The third-order valence-corrected chi connectivity index (χ3v) is 6.51. The molecule has 188 valence electrons. The van der Waals surface area contributed by atoms with E-state index in [1.165, 1.54) is 0 Å². The predicted molar refractivity (Wildman–Crippen MR) is 144 cm³/mol. The van der Waals surface area contributed by atoms with Gasteiger partial charge in [-0.3, -0.25) is 9.36 Å². The number of hydrogen-bond donors (Lipinski definition) is 1. The maximum Gasteiger partial charge on any atom is 0.322 e. The Labute approximate surface area is 208 Å². The van der Waals surface area contributed by atoms with Gasteiger partial charge < -0.3 is 15.1 Å². The summed E-state index contributed by atoms with van der Waals surface area (Å²) in [5.41, 5.74) is 3.63. The van der Waals surface area contributed by atoms with Crippen molar-refractivity contribution in [3.63, 3.8) is 0 Å². The molecule has 0 spiro atoms. The van der Waals surface area contributed by atoms with E-state index in [0.29, 0.717) is 29.8 Å². The van der Waals surface area contributed by atoms with Crippen molar-refractivity contribution in [2.75, 3.05) is 32.5 Å². The van der Waals surface area contributed by atoms with E-state index in [1.54, 1.807) is 22.6 Å². The maximum absolute atomic E-state index is 13.8. The van der Waals surface area contributed by atoms with Crippen LogP contribution in [0.1, 0.15) is 69.4 Å². The van der Waals surface area contributed by atoms with E-state index < -0.39 is 6.04 Å². The van der Waals surface area contributed by atoms with Gasteiger partial charge in [0, 0.05) is 25.8 Å². The summed E-state index contributed by atoms with van der Waals surface area (Å²) in [6.45, 7) is 11.6. The molecule has 1 unspecified atom stereocenters. The molecule has 7 nitrogen and oxygen atoms in total. The van der Waals surface area contributed by atoms with Gasteiger partial charge in [-0.15, -0.1) is 0 Å². The molecule has 7 heteroatoms. The van der Waals surface area contributed by atoms with Crippen molar-refractivity contribution in [2.24, 2.45) is 7.05 Å². The predicted octanol–water partition coefficient (Wildman–Crippen LogP) is 5.34. The number of carbonyl (C=O) groups excluding carboxylic acids is 1. The van der Waals surface area contributed by atoms with E-state index in [1.807, 2.05) is 44.1 Å². The number of fused-ring (bicyclic) bond motifs is 1. The Kier molecular flexibility index (Phi) is 8.33. The summed E-state index contributed by atoms with van der Waals surface area (Å²) < 4.78 is 1.56. The minimum Gasteiger partial charge on any atom is -0.313 e. The Hall–Kier alpha value is -3.19. The van der Waals surface area contributed by atoms with Crippen LogP contribution in [-0.2, 0) is 7.05 Å². The highest BCUT2D eigenvalue weighted by molar-refractivity contribution is 5.91. The highest BCUT2D eigenvalue weighted by atomic mass is 16.2. The molecule has 0 aliphatic carbocycles. The molecule has 3 rings (SSSR count). The van der Waals surface area contributed by atoms with Crippen LogP contribution in [0.4, 0.5) is 10.5 Å². The molecular formula is C28H39N5O2. The van der Waals surface area contributed by atoms with Gasteiger partial charge in [-0.2, -0.15) is 0 Å². The number of hydrogen-bond acceptors (Lipinski definition) is 4. The zero-order valence-electron chi connectivity index (χ0n) is 22.3. The van der Waals surface area contributed by atoms with Gasteiger partial charge in [-0.1, -0.05) is 58.0 Å². The van der Waals surface area contributed by atoms with Crippen LogP contribution in [0.15, 0.2) is 47.3 Å². The number of para-hydroxylation sites is 2. The maximum atomic E-state index is 13.8. The van der Waals surface area contributed by atoms with Crippen LogP contribution in [-0.4, -0.2) is 52.6 Å². The summed E-state index contributed by atoms with van der Waals surface area (Å²) in [5, 5.41) is 3.81. The van der Waals surface area contributed by atoms with Crippen molar-refractivity contribution in [1.29, 1.82) is 0 Å². The second kappa shape index (κ2) is 11.0. The lowest BCUT2D eigenvalue weighted by atomic mass is 9.93. The molecule has 0 radical (unpaired) electrons. The number of rotatable bonds is 8. The second-order valence-electron chi connectivity index (χ2n) is 10.1. The van der Waals surface area contributed by atoms with Crippen LogP contribution in [0.5, 0.6) is 0 Å². The van der Waals surface area contributed by atoms with Crippen molar-refractivity contribution < 1.29 is 4.79 Å². The first kappa shape index (κ1) is 26.4. The number of nitrogens with zero attached hydrogens (tertiary/aromatic N) is 4. The molecule has 35 heavy (non-hydrogen) atoms. The number of anilines is 1. The largest absolute Gasteiger partial charge is 0.322 e. The smallest absolute Gasteiger partial charge is 0.313 e. The third kappa shape index (κ3) is 5.73. The Bertz CT molecular complexity index is 1220. The molecule has 0 bridgehead atoms. The Morgan fingerprint density at radius 2 is 1.54 bits per heavy atom. The van der Waals surface area contributed by atoms with E-state index >= 15 is 0 Å². The summed E-state index contributed by atoms with van der Waals surface area (Å²) in [6.07, 6.45) is 0. The molecule has 1 heterocycles. The van der Waals surface area contributed by atoms with Gasteiger partial charge in [0.2, 0.25) is 0 Å². The van der Waals surface area contributed by atoms with Crippen molar-refractivity contribution in [3.8, 4) is 0 Å². The summed E-state index contributed by atoms with van der Waals surface area (Å²) in [5.74, 6) is 1.09. The topological polar surface area (TPSA) is 70.5 Å². The minimum absolute atomic E-state index is 0.113. The van der Waals surface area contributed by atoms with Crippen LogP contribution in [0, 0.1) is 0 Å². The average molecular weight is 478 g/mol. The third-order valence-electron chi connectivity index (χ3n) is 6.51. The van der Waals surface area contributed by atoms with Crippen LogP contribution in [0.3, 0.4) is 0 Å². The lowest BCUT2D eigenvalue weighted by Gasteiger charge is -2.32. The highest BCUT2D eigenvalue weighted by Gasteiger charge is 2.27. The summed E-state index contributed by atoms with van der Waals surface area (Å²) in [6, 6.07) is 12.9. The lowest BCUT2D eigenvalue weighted by Crippen LogP contribution is -2.43. The van der Waals surface area contributed by atoms with Crippen LogP contribution in [0.2, 0.25) is 0 Å². The molecule has 2 aromatic carbocycles. The Balaban J connectivity index is 2.05. The van der Waals surface area contributed by atoms with Crippen molar-refractivity contribution in [2.45, 2.75) is 52.5 Å². The first-order valence-electron chi connectivity index (χ1n) is 12.3. The van der Waals surface area contributed by atoms with Gasteiger partial charge >= 0.3 is 6.03 Å². The van der Waals surface area contributed by atoms with Gasteiger partial charge in [0.1, 0.15) is 5.82 Å². The number of benzene rings is 2. The molecule has 3 aromatic rings. The summed E-state index contributed by atoms with van der Waals surface area (Å²) in [4.78, 5) is 35.5. The molecule has 2 amide bonds. The van der Waals surface area contributed by atoms with Gasteiger partial charge in [0.15, 0.2) is 0 Å². The molecule has 1 aromatic heterocycles. The molecule has 0 saturated carbocycles. The van der Waals surface area contributed by atoms with Crippen molar-refractivity contribution >= 4 is 22.6 Å². The first-order chi connectivity index (χ1) is 16.5. The van der Waals surface area contributed by atoms with E-state index in [-0.39, 0.29) is 23.4 Å². The second-order valence-corrected chi connectivity index (χ2v) is 10.1. The number of carbonyl (C=O) groups is 1. The number of nitrogens with one attached hydrogen (secondary N) is 1. The lowest BCUT2D eigenvalue weighted by molar-refractivity contribution is 0.180.